The lowest BCUT2D eigenvalue weighted by Crippen LogP contribution is -2.34. The molecule has 0 spiro atoms. The number of aromatic amines is 1. The molecule has 1 fully saturated rings. The zero-order chi connectivity index (χ0) is 14.3. The molecule has 0 radical (unpaired) electrons. The van der Waals surface area contributed by atoms with Gasteiger partial charge in [-0.2, -0.15) is 0 Å². The minimum atomic E-state index is 0.136. The number of aryl methyl sites for hydroxylation is 2. The molecule has 106 valence electrons. The molecule has 1 N–H and O–H groups in total. The zero-order valence-electron chi connectivity index (χ0n) is 12.5. The standard InChI is InChI=1S/C17H22N2O/c1-11-12(2)18-16-8-7-14(9-15(11)16)17(20)19(3)10-13-5-4-6-13/h7-9,13,18H,4-6,10H2,1-3H3. The molecule has 0 atom stereocenters. The van der Waals surface area contributed by atoms with Crippen LogP contribution in [-0.2, 0) is 0 Å². The van der Waals surface area contributed by atoms with E-state index in [2.05, 4.69) is 18.8 Å². The van der Waals surface area contributed by atoms with Crippen molar-refractivity contribution < 1.29 is 4.79 Å². The number of carbonyl (C=O) groups excluding carboxylic acids is 1. The van der Waals surface area contributed by atoms with E-state index in [1.54, 1.807) is 0 Å². The maximum atomic E-state index is 12.5. The van der Waals surface area contributed by atoms with Gasteiger partial charge in [-0.1, -0.05) is 6.42 Å². The Morgan fingerprint density at radius 2 is 2.10 bits per heavy atom. The number of nitrogens with one attached hydrogen (secondary N) is 1. The SMILES string of the molecule is Cc1[nH]c2ccc(C(=O)N(C)CC3CCC3)cc2c1C. The van der Waals surface area contributed by atoms with Gasteiger partial charge in [0.15, 0.2) is 0 Å². The number of rotatable bonds is 3. The van der Waals surface area contributed by atoms with Crippen LogP contribution in [0, 0.1) is 19.8 Å². The van der Waals surface area contributed by atoms with Crippen molar-refractivity contribution in [3.8, 4) is 0 Å². The number of nitrogens with zero attached hydrogens (tertiary/aromatic N) is 1. The quantitative estimate of drug-likeness (QED) is 0.908. The van der Waals surface area contributed by atoms with Crippen LogP contribution < -0.4 is 0 Å². The zero-order valence-corrected chi connectivity index (χ0v) is 12.5. The van der Waals surface area contributed by atoms with Gasteiger partial charge in [0, 0.05) is 35.8 Å². The third-order valence-corrected chi connectivity index (χ3v) is 4.66. The van der Waals surface area contributed by atoms with Gasteiger partial charge in [-0.15, -0.1) is 0 Å². The first kappa shape index (κ1) is 13.2. The summed E-state index contributed by atoms with van der Waals surface area (Å²) in [4.78, 5) is 17.7. The van der Waals surface area contributed by atoms with Crippen molar-refractivity contribution in [1.29, 1.82) is 0 Å². The van der Waals surface area contributed by atoms with Gasteiger partial charge in [0.2, 0.25) is 0 Å². The minimum absolute atomic E-state index is 0.136. The summed E-state index contributed by atoms with van der Waals surface area (Å²) >= 11 is 0. The Hall–Kier alpha value is -1.77. The molecular weight excluding hydrogens is 248 g/mol. The fraction of sp³-hybridized carbons (Fsp3) is 0.471. The van der Waals surface area contributed by atoms with Gasteiger partial charge in [-0.3, -0.25) is 4.79 Å². The first-order valence-corrected chi connectivity index (χ1v) is 7.40. The van der Waals surface area contributed by atoms with Crippen LogP contribution in [-0.4, -0.2) is 29.4 Å². The summed E-state index contributed by atoms with van der Waals surface area (Å²) in [5.74, 6) is 0.848. The summed E-state index contributed by atoms with van der Waals surface area (Å²) in [6.07, 6.45) is 3.86. The Morgan fingerprint density at radius 3 is 2.75 bits per heavy atom. The van der Waals surface area contributed by atoms with Gasteiger partial charge < -0.3 is 9.88 Å². The highest BCUT2D eigenvalue weighted by Gasteiger charge is 2.22. The second kappa shape index (κ2) is 4.97. The molecule has 1 aromatic heterocycles. The van der Waals surface area contributed by atoms with Gasteiger partial charge in [0.1, 0.15) is 0 Å². The molecule has 1 amide bonds. The highest BCUT2D eigenvalue weighted by molar-refractivity contribution is 5.98. The lowest BCUT2D eigenvalue weighted by Gasteiger charge is -2.30. The first-order valence-electron chi connectivity index (χ1n) is 7.40. The van der Waals surface area contributed by atoms with Gasteiger partial charge in [-0.05, 0) is 56.4 Å². The average molecular weight is 270 g/mol. The van der Waals surface area contributed by atoms with Gasteiger partial charge in [0.05, 0.1) is 0 Å². The lowest BCUT2D eigenvalue weighted by molar-refractivity contribution is 0.0745. The molecule has 3 rings (SSSR count). The van der Waals surface area contributed by atoms with E-state index in [4.69, 9.17) is 0 Å². The molecule has 1 aliphatic rings. The molecule has 1 aromatic carbocycles. The van der Waals surface area contributed by atoms with Crippen molar-refractivity contribution >= 4 is 16.8 Å². The summed E-state index contributed by atoms with van der Waals surface area (Å²) in [7, 11) is 1.92. The summed E-state index contributed by atoms with van der Waals surface area (Å²) in [5.41, 5.74) is 4.31. The number of aromatic nitrogens is 1. The molecular formula is C17H22N2O. The normalized spacial score (nSPS) is 15.3. The largest absolute Gasteiger partial charge is 0.358 e. The van der Waals surface area contributed by atoms with Crippen LogP contribution in [0.3, 0.4) is 0 Å². The molecule has 0 bridgehead atoms. The number of hydrogen-bond acceptors (Lipinski definition) is 1. The average Bonchev–Trinajstić information content (AvgIpc) is 2.68. The van der Waals surface area contributed by atoms with E-state index in [-0.39, 0.29) is 5.91 Å². The third kappa shape index (κ3) is 2.21. The summed E-state index contributed by atoms with van der Waals surface area (Å²) in [6, 6.07) is 5.96. The number of benzene rings is 1. The van der Waals surface area contributed by atoms with E-state index in [9.17, 15) is 4.79 Å². The van der Waals surface area contributed by atoms with E-state index in [1.807, 2.05) is 30.1 Å². The van der Waals surface area contributed by atoms with Crippen molar-refractivity contribution in [2.24, 2.45) is 5.92 Å². The van der Waals surface area contributed by atoms with E-state index < -0.39 is 0 Å². The van der Waals surface area contributed by atoms with Crippen molar-refractivity contribution in [3.63, 3.8) is 0 Å². The second-order valence-electron chi connectivity index (χ2n) is 6.12. The van der Waals surface area contributed by atoms with Crippen LogP contribution >= 0.6 is 0 Å². The Morgan fingerprint density at radius 1 is 1.35 bits per heavy atom. The van der Waals surface area contributed by atoms with E-state index in [0.717, 1.165) is 23.0 Å². The monoisotopic (exact) mass is 270 g/mol. The lowest BCUT2D eigenvalue weighted by atomic mass is 9.85. The van der Waals surface area contributed by atoms with Gasteiger partial charge in [-0.25, -0.2) is 0 Å². The number of fused-ring (bicyclic) bond motifs is 1. The molecule has 2 aromatic rings. The predicted octanol–water partition coefficient (Wildman–Crippen LogP) is 3.66. The molecule has 0 saturated heterocycles. The topological polar surface area (TPSA) is 36.1 Å². The smallest absolute Gasteiger partial charge is 0.253 e. The first-order chi connectivity index (χ1) is 9.56. The molecule has 1 aliphatic carbocycles. The second-order valence-corrected chi connectivity index (χ2v) is 6.12. The summed E-state index contributed by atoms with van der Waals surface area (Å²) in [5, 5.41) is 1.16. The van der Waals surface area contributed by atoms with Crippen LogP contribution in [0.4, 0.5) is 0 Å². The Bertz CT molecular complexity index is 652. The van der Waals surface area contributed by atoms with Crippen LogP contribution in [0.15, 0.2) is 18.2 Å². The predicted molar refractivity (Wildman–Crippen MR) is 82.1 cm³/mol. The Balaban J connectivity index is 1.85. The van der Waals surface area contributed by atoms with E-state index in [0.29, 0.717) is 5.92 Å². The van der Waals surface area contributed by atoms with E-state index in [1.165, 1.54) is 30.5 Å². The number of amides is 1. The van der Waals surface area contributed by atoms with Crippen molar-refractivity contribution in [2.45, 2.75) is 33.1 Å². The number of carbonyl (C=O) groups is 1. The maximum absolute atomic E-state index is 12.5. The van der Waals surface area contributed by atoms with Gasteiger partial charge in [0.25, 0.3) is 5.91 Å². The molecule has 0 aliphatic heterocycles. The highest BCUT2D eigenvalue weighted by Crippen LogP contribution is 2.27. The van der Waals surface area contributed by atoms with Crippen LogP contribution in [0.2, 0.25) is 0 Å². The molecule has 0 unspecified atom stereocenters. The van der Waals surface area contributed by atoms with Gasteiger partial charge >= 0.3 is 0 Å². The van der Waals surface area contributed by atoms with E-state index >= 15 is 0 Å². The minimum Gasteiger partial charge on any atom is -0.358 e. The third-order valence-electron chi connectivity index (χ3n) is 4.66. The van der Waals surface area contributed by atoms with Crippen LogP contribution in [0.1, 0.15) is 40.9 Å². The number of H-pyrrole nitrogens is 1. The van der Waals surface area contributed by atoms with Crippen molar-refractivity contribution in [3.05, 3.63) is 35.0 Å². The fourth-order valence-corrected chi connectivity index (χ4v) is 2.96. The van der Waals surface area contributed by atoms with Crippen molar-refractivity contribution in [2.75, 3.05) is 13.6 Å². The van der Waals surface area contributed by atoms with Crippen LogP contribution in [0.5, 0.6) is 0 Å². The summed E-state index contributed by atoms with van der Waals surface area (Å²) < 4.78 is 0. The molecule has 1 heterocycles. The molecule has 20 heavy (non-hydrogen) atoms. The Labute approximate surface area is 120 Å². The van der Waals surface area contributed by atoms with Crippen molar-refractivity contribution in [1.82, 2.24) is 9.88 Å². The summed E-state index contributed by atoms with van der Waals surface area (Å²) in [6.45, 7) is 5.06. The molecule has 3 nitrogen and oxygen atoms in total. The Kier molecular flexibility index (Phi) is 3.28. The fourth-order valence-electron chi connectivity index (χ4n) is 2.96. The molecule has 3 heteroatoms. The molecule has 1 saturated carbocycles. The van der Waals surface area contributed by atoms with Crippen LogP contribution in [0.25, 0.3) is 10.9 Å². The highest BCUT2D eigenvalue weighted by atomic mass is 16.2. The maximum Gasteiger partial charge on any atom is 0.253 e. The number of hydrogen-bond donors (Lipinski definition) is 1.